The molecule has 0 saturated heterocycles. The molecule has 0 saturated carbocycles. The Hall–Kier alpha value is -1.13. The summed E-state index contributed by atoms with van der Waals surface area (Å²) in [6.07, 6.45) is 0. The summed E-state index contributed by atoms with van der Waals surface area (Å²) in [5, 5.41) is 0.0404. The molecule has 0 aliphatic carbocycles. The number of benzene rings is 2. The van der Waals surface area contributed by atoms with Crippen molar-refractivity contribution in [2.45, 2.75) is 6.61 Å². The zero-order chi connectivity index (χ0) is 13.1. The van der Waals surface area contributed by atoms with E-state index in [2.05, 4.69) is 15.9 Å². The zero-order valence-corrected chi connectivity index (χ0v) is 11.4. The van der Waals surface area contributed by atoms with Crippen molar-refractivity contribution in [2.75, 3.05) is 0 Å². The van der Waals surface area contributed by atoms with Crippen molar-refractivity contribution in [3.63, 3.8) is 0 Å². The Bertz CT molecular complexity index is 575. The maximum absolute atomic E-state index is 13.2. The molecule has 0 aliphatic heterocycles. The Morgan fingerprint density at radius 2 is 1.89 bits per heavy atom. The first-order chi connectivity index (χ1) is 8.58. The molecule has 0 heterocycles. The summed E-state index contributed by atoms with van der Waals surface area (Å²) in [5.41, 5.74) is 0.539. The normalized spacial score (nSPS) is 10.4. The van der Waals surface area contributed by atoms with Gasteiger partial charge in [-0.25, -0.2) is 8.78 Å². The van der Waals surface area contributed by atoms with Gasteiger partial charge >= 0.3 is 0 Å². The first-order valence-corrected chi connectivity index (χ1v) is 6.26. The Morgan fingerprint density at radius 3 is 2.61 bits per heavy atom. The molecule has 2 rings (SSSR count). The van der Waals surface area contributed by atoms with E-state index in [-0.39, 0.29) is 17.4 Å². The summed E-state index contributed by atoms with van der Waals surface area (Å²) >= 11 is 8.85. The Morgan fingerprint density at radius 1 is 1.11 bits per heavy atom. The number of hydrogen-bond donors (Lipinski definition) is 0. The van der Waals surface area contributed by atoms with Crippen LogP contribution in [0.3, 0.4) is 0 Å². The highest BCUT2D eigenvalue weighted by atomic mass is 79.9. The van der Waals surface area contributed by atoms with E-state index in [1.54, 1.807) is 12.1 Å². The van der Waals surface area contributed by atoms with Crippen LogP contribution in [0.25, 0.3) is 0 Å². The largest absolute Gasteiger partial charge is 0.489 e. The van der Waals surface area contributed by atoms with Crippen LogP contribution in [0, 0.1) is 11.6 Å². The number of hydrogen-bond acceptors (Lipinski definition) is 1. The average molecular weight is 334 g/mol. The van der Waals surface area contributed by atoms with Crippen LogP contribution in [0.1, 0.15) is 5.56 Å². The molecule has 0 aliphatic rings. The van der Waals surface area contributed by atoms with Crippen LogP contribution < -0.4 is 4.74 Å². The van der Waals surface area contributed by atoms with Gasteiger partial charge in [-0.3, -0.25) is 0 Å². The minimum absolute atomic E-state index is 0.0404. The van der Waals surface area contributed by atoms with Crippen molar-refractivity contribution in [3.8, 4) is 5.75 Å². The quantitative estimate of drug-likeness (QED) is 0.771. The third-order valence-corrected chi connectivity index (χ3v) is 3.35. The van der Waals surface area contributed by atoms with Crippen LogP contribution in [-0.2, 0) is 6.61 Å². The molecule has 5 heteroatoms. The Labute approximate surface area is 116 Å². The van der Waals surface area contributed by atoms with Crippen molar-refractivity contribution in [3.05, 3.63) is 63.1 Å². The number of ether oxygens (including phenoxy) is 1. The van der Waals surface area contributed by atoms with Crippen molar-refractivity contribution in [1.29, 1.82) is 0 Å². The molecule has 1 nitrogen and oxygen atoms in total. The van der Waals surface area contributed by atoms with E-state index >= 15 is 0 Å². The highest BCUT2D eigenvalue weighted by Crippen LogP contribution is 2.24. The third kappa shape index (κ3) is 3.00. The minimum Gasteiger partial charge on any atom is -0.489 e. The van der Waals surface area contributed by atoms with Gasteiger partial charge in [-0.2, -0.15) is 0 Å². The Kier molecular flexibility index (Phi) is 4.19. The van der Waals surface area contributed by atoms with E-state index in [4.69, 9.17) is 16.3 Å². The molecule has 0 fully saturated rings. The molecule has 0 amide bonds. The fraction of sp³-hybridized carbons (Fsp3) is 0.0769. The fourth-order valence-corrected chi connectivity index (χ4v) is 1.93. The molecule has 0 N–H and O–H groups in total. The molecule has 0 aromatic heterocycles. The third-order valence-electron chi connectivity index (χ3n) is 2.32. The summed E-state index contributed by atoms with van der Waals surface area (Å²) in [6, 6.07) is 8.78. The van der Waals surface area contributed by atoms with Crippen LogP contribution >= 0.6 is 27.5 Å². The lowest BCUT2D eigenvalue weighted by Crippen LogP contribution is -1.97. The van der Waals surface area contributed by atoms with Crippen LogP contribution in [-0.4, -0.2) is 0 Å². The first-order valence-electron chi connectivity index (χ1n) is 5.08. The van der Waals surface area contributed by atoms with Crippen LogP contribution in [0.4, 0.5) is 8.78 Å². The van der Waals surface area contributed by atoms with E-state index in [0.29, 0.717) is 15.8 Å². The molecule has 2 aromatic rings. The fourth-order valence-electron chi connectivity index (χ4n) is 1.39. The van der Waals surface area contributed by atoms with Crippen molar-refractivity contribution in [1.82, 2.24) is 0 Å². The van der Waals surface area contributed by atoms with Gasteiger partial charge in [0.1, 0.15) is 24.0 Å². The van der Waals surface area contributed by atoms with Gasteiger partial charge in [0.15, 0.2) is 0 Å². The van der Waals surface area contributed by atoms with E-state index < -0.39 is 5.82 Å². The monoisotopic (exact) mass is 332 g/mol. The van der Waals surface area contributed by atoms with Gasteiger partial charge in [0.2, 0.25) is 0 Å². The van der Waals surface area contributed by atoms with Crippen molar-refractivity contribution < 1.29 is 13.5 Å². The van der Waals surface area contributed by atoms with Crippen LogP contribution in [0.2, 0.25) is 5.02 Å². The van der Waals surface area contributed by atoms with Gasteiger partial charge in [-0.1, -0.05) is 23.7 Å². The molecular weight excluding hydrogens is 325 g/mol. The van der Waals surface area contributed by atoms with E-state index in [0.717, 1.165) is 0 Å². The maximum atomic E-state index is 13.2. The van der Waals surface area contributed by atoms with Gasteiger partial charge in [-0.15, -0.1) is 0 Å². The summed E-state index contributed by atoms with van der Waals surface area (Å²) in [6.45, 7) is 0.120. The lowest BCUT2D eigenvalue weighted by molar-refractivity contribution is 0.305. The molecule has 0 radical (unpaired) electrons. The lowest BCUT2D eigenvalue weighted by Gasteiger charge is -2.08. The summed E-state index contributed by atoms with van der Waals surface area (Å²) in [5.74, 6) is -0.382. The van der Waals surface area contributed by atoms with Gasteiger partial charge < -0.3 is 4.74 Å². The standard InChI is InChI=1S/C13H8BrClF2O/c14-10-6-9(4-5-11(10)16)18-7-8-2-1-3-12(17)13(8)15/h1-6H,7H2. The summed E-state index contributed by atoms with van der Waals surface area (Å²) < 4.78 is 31.9. The predicted octanol–water partition coefficient (Wildman–Crippen LogP) is 4.96. The molecule has 94 valence electrons. The van der Waals surface area contributed by atoms with E-state index in [1.807, 2.05) is 0 Å². The summed E-state index contributed by atoms with van der Waals surface area (Å²) in [7, 11) is 0. The van der Waals surface area contributed by atoms with Gasteiger partial charge in [0.25, 0.3) is 0 Å². The second-order valence-corrected chi connectivity index (χ2v) is 4.81. The van der Waals surface area contributed by atoms with Gasteiger partial charge in [0.05, 0.1) is 9.50 Å². The van der Waals surface area contributed by atoms with Gasteiger partial charge in [0, 0.05) is 5.56 Å². The Balaban J connectivity index is 2.11. The molecule has 0 spiro atoms. The molecule has 0 bridgehead atoms. The number of halogens is 4. The SMILES string of the molecule is Fc1ccc(OCc2cccc(F)c2Cl)cc1Br. The van der Waals surface area contributed by atoms with E-state index in [1.165, 1.54) is 24.3 Å². The van der Waals surface area contributed by atoms with E-state index in [9.17, 15) is 8.78 Å². The molecule has 2 aromatic carbocycles. The molecule has 0 unspecified atom stereocenters. The highest BCUT2D eigenvalue weighted by molar-refractivity contribution is 9.10. The smallest absolute Gasteiger partial charge is 0.142 e. The number of rotatable bonds is 3. The molecular formula is C13H8BrClF2O. The minimum atomic E-state index is -0.488. The van der Waals surface area contributed by atoms with Crippen LogP contribution in [0.5, 0.6) is 5.75 Å². The highest BCUT2D eigenvalue weighted by Gasteiger charge is 2.07. The molecule has 0 atom stereocenters. The first kappa shape index (κ1) is 13.3. The topological polar surface area (TPSA) is 9.23 Å². The average Bonchev–Trinajstić information content (AvgIpc) is 2.35. The zero-order valence-electron chi connectivity index (χ0n) is 9.09. The predicted molar refractivity (Wildman–Crippen MR) is 69.8 cm³/mol. The summed E-state index contributed by atoms with van der Waals surface area (Å²) in [4.78, 5) is 0. The second kappa shape index (κ2) is 5.67. The van der Waals surface area contributed by atoms with Crippen LogP contribution in [0.15, 0.2) is 40.9 Å². The second-order valence-electron chi connectivity index (χ2n) is 3.58. The van der Waals surface area contributed by atoms with Gasteiger partial charge in [-0.05, 0) is 40.2 Å². The lowest BCUT2D eigenvalue weighted by atomic mass is 10.2. The molecule has 18 heavy (non-hydrogen) atoms. The van der Waals surface area contributed by atoms with Crippen molar-refractivity contribution >= 4 is 27.5 Å². The van der Waals surface area contributed by atoms with Crippen molar-refractivity contribution in [2.24, 2.45) is 0 Å². The maximum Gasteiger partial charge on any atom is 0.142 e.